The van der Waals surface area contributed by atoms with Crippen LogP contribution >= 0.6 is 0 Å². The highest BCUT2D eigenvalue weighted by Gasteiger charge is 2.21. The standard InChI is InChI=1S/C23H26N2O2/c1-13-8-15(3)20(16(4)9-13)24-12-25(23(27)19(7)22(24)26)21-17(5)10-14(2)11-18(21)6/h8-12H,1-7H3. The van der Waals surface area contributed by atoms with E-state index < -0.39 is 0 Å². The monoisotopic (exact) mass is 362 g/mol. The average Bonchev–Trinajstić information content (AvgIpc) is 2.54. The molecular weight excluding hydrogens is 336 g/mol. The molecule has 0 bridgehead atoms. The van der Waals surface area contributed by atoms with Gasteiger partial charge in [0.2, 0.25) is 0 Å². The van der Waals surface area contributed by atoms with Crippen LogP contribution < -0.4 is 15.2 Å². The topological polar surface area (TPSA) is 48.9 Å². The van der Waals surface area contributed by atoms with Gasteiger partial charge in [0.25, 0.3) is 6.33 Å². The lowest BCUT2D eigenvalue weighted by Crippen LogP contribution is -2.43. The van der Waals surface area contributed by atoms with Crippen molar-refractivity contribution in [1.82, 2.24) is 4.57 Å². The minimum absolute atomic E-state index is 0.219. The Morgan fingerprint density at radius 2 is 1.22 bits per heavy atom. The summed E-state index contributed by atoms with van der Waals surface area (Å²) in [5, 5.41) is 12.9. The van der Waals surface area contributed by atoms with Crippen molar-refractivity contribution in [3.05, 3.63) is 79.9 Å². The maximum atomic E-state index is 12.9. The summed E-state index contributed by atoms with van der Waals surface area (Å²) in [7, 11) is 0. The van der Waals surface area contributed by atoms with Crippen LogP contribution in [0.25, 0.3) is 11.4 Å². The van der Waals surface area contributed by atoms with E-state index in [-0.39, 0.29) is 17.0 Å². The highest BCUT2D eigenvalue weighted by Crippen LogP contribution is 2.22. The lowest BCUT2D eigenvalue weighted by atomic mass is 10.0. The third-order valence-electron chi connectivity index (χ3n) is 5.06. The van der Waals surface area contributed by atoms with E-state index >= 15 is 0 Å². The Labute approximate surface area is 160 Å². The van der Waals surface area contributed by atoms with Crippen LogP contribution in [-0.2, 0) is 0 Å². The predicted octanol–water partition coefficient (Wildman–Crippen LogP) is 3.35. The predicted molar refractivity (Wildman–Crippen MR) is 106 cm³/mol. The molecule has 0 aliphatic rings. The van der Waals surface area contributed by atoms with Crippen LogP contribution in [0.2, 0.25) is 0 Å². The molecule has 3 aromatic rings. The summed E-state index contributed by atoms with van der Waals surface area (Å²) in [6.45, 7) is 13.7. The van der Waals surface area contributed by atoms with E-state index in [1.54, 1.807) is 22.4 Å². The molecule has 0 aliphatic heterocycles. The molecule has 2 aromatic carbocycles. The summed E-state index contributed by atoms with van der Waals surface area (Å²) in [4.78, 5) is 12.9. The van der Waals surface area contributed by atoms with Crippen molar-refractivity contribution < 1.29 is 9.67 Å². The molecule has 1 heterocycles. The van der Waals surface area contributed by atoms with E-state index in [4.69, 9.17) is 0 Å². The Balaban J connectivity index is 2.41. The van der Waals surface area contributed by atoms with Crippen molar-refractivity contribution in [3.8, 4) is 17.3 Å². The number of aromatic nitrogens is 2. The molecule has 0 N–H and O–H groups in total. The number of nitrogens with zero attached hydrogens (tertiary/aromatic N) is 2. The first-order chi connectivity index (χ1) is 12.6. The van der Waals surface area contributed by atoms with E-state index in [0.717, 1.165) is 44.8 Å². The van der Waals surface area contributed by atoms with Crippen LogP contribution in [0.3, 0.4) is 0 Å². The van der Waals surface area contributed by atoms with Crippen LogP contribution in [-0.4, -0.2) is 4.57 Å². The zero-order valence-corrected chi connectivity index (χ0v) is 17.1. The van der Waals surface area contributed by atoms with E-state index in [1.165, 1.54) is 0 Å². The molecule has 0 saturated heterocycles. The fourth-order valence-electron chi connectivity index (χ4n) is 4.10. The quantitative estimate of drug-likeness (QED) is 0.657. The lowest BCUT2D eigenvalue weighted by molar-refractivity contribution is -0.656. The van der Waals surface area contributed by atoms with Gasteiger partial charge in [-0.1, -0.05) is 35.4 Å². The number of hydrogen-bond acceptors (Lipinski definition) is 2. The third-order valence-corrected chi connectivity index (χ3v) is 5.06. The number of rotatable bonds is 2. The van der Waals surface area contributed by atoms with Crippen LogP contribution in [0.4, 0.5) is 0 Å². The maximum Gasteiger partial charge on any atom is 0.344 e. The van der Waals surface area contributed by atoms with Crippen molar-refractivity contribution in [2.75, 3.05) is 0 Å². The first-order valence-electron chi connectivity index (χ1n) is 9.13. The third kappa shape index (κ3) is 3.16. The number of aryl methyl sites for hydroxylation is 6. The average molecular weight is 362 g/mol. The van der Waals surface area contributed by atoms with Gasteiger partial charge in [-0.2, -0.15) is 4.57 Å². The summed E-state index contributed by atoms with van der Waals surface area (Å²) in [5.74, 6) is -0.270. The SMILES string of the molecule is Cc1cc(C)c(-n2c[n+](-c3c(C)cc(C)cc3C)c([O-])c(C)c2=O)c(C)c1. The molecule has 4 heteroatoms. The van der Waals surface area contributed by atoms with Crippen molar-refractivity contribution >= 4 is 0 Å². The summed E-state index contributed by atoms with van der Waals surface area (Å²) >= 11 is 0. The second-order valence-corrected chi connectivity index (χ2v) is 7.59. The molecule has 1 aromatic heterocycles. The van der Waals surface area contributed by atoms with Gasteiger partial charge in [-0.05, 0) is 70.7 Å². The number of hydrogen-bond donors (Lipinski definition) is 0. The smallest absolute Gasteiger partial charge is 0.344 e. The number of benzene rings is 2. The summed E-state index contributed by atoms with van der Waals surface area (Å²) in [6, 6.07) is 8.23. The zero-order chi connectivity index (χ0) is 20.0. The van der Waals surface area contributed by atoms with Gasteiger partial charge in [0.1, 0.15) is 11.4 Å². The Morgan fingerprint density at radius 1 is 0.778 bits per heavy atom. The molecule has 140 valence electrons. The van der Waals surface area contributed by atoms with Crippen LogP contribution in [0.5, 0.6) is 5.88 Å². The molecule has 0 fully saturated rings. The van der Waals surface area contributed by atoms with Crippen molar-refractivity contribution in [2.45, 2.75) is 48.5 Å². The fourth-order valence-corrected chi connectivity index (χ4v) is 4.10. The van der Waals surface area contributed by atoms with Crippen LogP contribution in [0, 0.1) is 48.5 Å². The highest BCUT2D eigenvalue weighted by molar-refractivity contribution is 5.50. The molecule has 0 amide bonds. The molecule has 0 radical (unpaired) electrons. The Kier molecular flexibility index (Phi) is 4.68. The van der Waals surface area contributed by atoms with Gasteiger partial charge in [0.05, 0.1) is 11.4 Å². The zero-order valence-electron chi connectivity index (χ0n) is 17.1. The first kappa shape index (κ1) is 18.9. The Hall–Kier alpha value is -2.88. The maximum absolute atomic E-state index is 12.9. The van der Waals surface area contributed by atoms with Gasteiger partial charge < -0.3 is 5.11 Å². The second kappa shape index (κ2) is 6.69. The van der Waals surface area contributed by atoms with Gasteiger partial charge in [-0.15, -0.1) is 0 Å². The van der Waals surface area contributed by atoms with Gasteiger partial charge in [-0.3, -0.25) is 0 Å². The summed E-state index contributed by atoms with van der Waals surface area (Å²) in [6.07, 6.45) is 1.65. The van der Waals surface area contributed by atoms with E-state index in [1.807, 2.05) is 41.5 Å². The van der Waals surface area contributed by atoms with Crippen molar-refractivity contribution in [3.63, 3.8) is 0 Å². The highest BCUT2D eigenvalue weighted by atomic mass is 16.3. The summed E-state index contributed by atoms with van der Waals surface area (Å²) in [5.41, 5.74) is 7.97. The Bertz CT molecular complexity index is 1080. The van der Waals surface area contributed by atoms with Crippen molar-refractivity contribution in [2.24, 2.45) is 0 Å². The lowest BCUT2D eigenvalue weighted by Gasteiger charge is -2.19. The molecule has 0 atom stereocenters. The Morgan fingerprint density at radius 3 is 1.70 bits per heavy atom. The van der Waals surface area contributed by atoms with Gasteiger partial charge in [0.15, 0.2) is 0 Å². The van der Waals surface area contributed by atoms with E-state index in [2.05, 4.69) is 24.3 Å². The first-order valence-corrected chi connectivity index (χ1v) is 9.13. The molecule has 3 rings (SSSR count). The molecule has 0 saturated carbocycles. The van der Waals surface area contributed by atoms with Gasteiger partial charge >= 0.3 is 5.56 Å². The summed E-state index contributed by atoms with van der Waals surface area (Å²) < 4.78 is 3.22. The molecular formula is C23H26N2O2. The molecule has 4 nitrogen and oxygen atoms in total. The van der Waals surface area contributed by atoms with E-state index in [9.17, 15) is 9.90 Å². The van der Waals surface area contributed by atoms with Crippen molar-refractivity contribution in [1.29, 1.82) is 0 Å². The van der Waals surface area contributed by atoms with Gasteiger partial charge in [0, 0.05) is 0 Å². The van der Waals surface area contributed by atoms with Gasteiger partial charge in [-0.25, -0.2) is 9.36 Å². The molecule has 0 unspecified atom stereocenters. The molecule has 27 heavy (non-hydrogen) atoms. The molecule has 0 aliphatic carbocycles. The molecule has 0 spiro atoms. The minimum atomic E-state index is -0.270. The van der Waals surface area contributed by atoms with Crippen LogP contribution in [0.15, 0.2) is 35.4 Å². The fraction of sp³-hybridized carbons (Fsp3) is 0.304. The van der Waals surface area contributed by atoms with Crippen LogP contribution in [0.1, 0.15) is 38.9 Å². The minimum Gasteiger partial charge on any atom is -0.842 e. The normalized spacial score (nSPS) is 11.1. The second-order valence-electron chi connectivity index (χ2n) is 7.59. The van der Waals surface area contributed by atoms with E-state index in [0.29, 0.717) is 0 Å². The largest absolute Gasteiger partial charge is 0.842 e.